The van der Waals surface area contributed by atoms with E-state index in [1.165, 1.54) is 0 Å². The molecule has 2 aromatic carbocycles. The Morgan fingerprint density at radius 3 is 2.50 bits per heavy atom. The van der Waals surface area contributed by atoms with Crippen LogP contribution in [-0.4, -0.2) is 30.0 Å². The number of methoxy groups -OCH3 is 1. The molecule has 7 heteroatoms. The first-order valence-corrected chi connectivity index (χ1v) is 8.45. The van der Waals surface area contributed by atoms with E-state index in [4.69, 9.17) is 4.74 Å². The van der Waals surface area contributed by atoms with Gasteiger partial charge in [-0.2, -0.15) is 0 Å². The highest BCUT2D eigenvalue weighted by Crippen LogP contribution is 2.49. The minimum absolute atomic E-state index is 0.254. The summed E-state index contributed by atoms with van der Waals surface area (Å²) in [6.45, 7) is 1.88. The van der Waals surface area contributed by atoms with Gasteiger partial charge in [-0.25, -0.2) is 0 Å². The molecule has 1 saturated heterocycles. The smallest absolute Gasteiger partial charge is 0.256 e. The number of carbonyl (C=O) groups excluding carboxylic acids is 1. The topological polar surface area (TPSA) is 93.5 Å². The van der Waals surface area contributed by atoms with Gasteiger partial charge in [-0.1, -0.05) is 30.3 Å². The van der Waals surface area contributed by atoms with Crippen molar-refractivity contribution in [2.75, 3.05) is 12.4 Å². The summed E-state index contributed by atoms with van der Waals surface area (Å²) in [5.41, 5.74) is 0.694. The first kappa shape index (κ1) is 16.5. The molecular weight excluding hydrogens is 334 g/mol. The van der Waals surface area contributed by atoms with Gasteiger partial charge in [0.25, 0.3) is 11.9 Å². The predicted octanol–water partition coefficient (Wildman–Crippen LogP) is 2.26. The molecule has 26 heavy (non-hydrogen) atoms. The summed E-state index contributed by atoms with van der Waals surface area (Å²) < 4.78 is 5.18. The van der Waals surface area contributed by atoms with Crippen LogP contribution in [0, 0.1) is 10.1 Å². The molecule has 0 radical (unpaired) electrons. The Labute approximate surface area is 150 Å². The van der Waals surface area contributed by atoms with Gasteiger partial charge in [0.05, 0.1) is 13.0 Å². The second-order valence-electron chi connectivity index (χ2n) is 6.77. The van der Waals surface area contributed by atoms with Crippen molar-refractivity contribution in [2.45, 2.75) is 30.5 Å². The molecule has 0 aliphatic carbocycles. The van der Waals surface area contributed by atoms with Gasteiger partial charge in [0.15, 0.2) is 5.54 Å². The standard InChI is InChI=1S/C19H19N3O4/c1-11-16(12-7-9-13(26-2)10-8-12)17(22(24)25)19(21-11)14-5-3-4-6-15(14)20-18(19)23/h3-11,16-17,21H,1-2H3,(H,20,23)/t11-,16-,17-,19+/m0/s1. The van der Waals surface area contributed by atoms with Crippen molar-refractivity contribution in [1.29, 1.82) is 0 Å². The van der Waals surface area contributed by atoms with E-state index in [1.54, 1.807) is 43.5 Å². The van der Waals surface area contributed by atoms with Crippen LogP contribution in [0.1, 0.15) is 24.0 Å². The maximum Gasteiger partial charge on any atom is 0.256 e. The van der Waals surface area contributed by atoms with Gasteiger partial charge >= 0.3 is 0 Å². The Balaban J connectivity index is 1.86. The summed E-state index contributed by atoms with van der Waals surface area (Å²) >= 11 is 0. The van der Waals surface area contributed by atoms with Crippen LogP contribution in [-0.2, 0) is 10.3 Å². The normalized spacial score (nSPS) is 29.5. The van der Waals surface area contributed by atoms with E-state index in [9.17, 15) is 14.9 Å². The zero-order chi connectivity index (χ0) is 18.5. The largest absolute Gasteiger partial charge is 0.497 e. The third kappa shape index (κ3) is 2.13. The summed E-state index contributed by atoms with van der Waals surface area (Å²) in [6.07, 6.45) is 0. The molecule has 0 aromatic heterocycles. The predicted molar refractivity (Wildman–Crippen MR) is 95.9 cm³/mol. The van der Waals surface area contributed by atoms with Gasteiger partial charge in [-0.05, 0) is 30.7 Å². The average molecular weight is 353 g/mol. The third-order valence-corrected chi connectivity index (χ3v) is 5.46. The second kappa shape index (κ2) is 5.81. The Morgan fingerprint density at radius 1 is 1.15 bits per heavy atom. The molecule has 0 bridgehead atoms. The van der Waals surface area contributed by atoms with E-state index in [1.807, 2.05) is 19.1 Å². The number of nitrogens with one attached hydrogen (secondary N) is 2. The summed E-state index contributed by atoms with van der Waals surface area (Å²) in [6, 6.07) is 13.0. The summed E-state index contributed by atoms with van der Waals surface area (Å²) in [4.78, 5) is 24.7. The van der Waals surface area contributed by atoms with E-state index >= 15 is 0 Å². The van der Waals surface area contributed by atoms with E-state index < -0.39 is 17.5 Å². The number of ether oxygens (including phenoxy) is 1. The fourth-order valence-corrected chi connectivity index (χ4v) is 4.38. The number of anilines is 1. The van der Waals surface area contributed by atoms with Crippen molar-refractivity contribution in [1.82, 2.24) is 5.32 Å². The Morgan fingerprint density at radius 2 is 1.85 bits per heavy atom. The van der Waals surface area contributed by atoms with Crippen molar-refractivity contribution >= 4 is 11.6 Å². The number of fused-ring (bicyclic) bond motifs is 2. The van der Waals surface area contributed by atoms with Gasteiger partial charge in [0.2, 0.25) is 0 Å². The van der Waals surface area contributed by atoms with Gasteiger partial charge in [0, 0.05) is 22.2 Å². The van der Waals surface area contributed by atoms with Gasteiger partial charge in [-0.15, -0.1) is 0 Å². The lowest BCUT2D eigenvalue weighted by molar-refractivity contribution is -0.532. The van der Waals surface area contributed by atoms with Crippen LogP contribution in [0.2, 0.25) is 0 Å². The SMILES string of the molecule is COc1ccc([C@@H]2[C@H](C)N[C@@]3(C(=O)Nc4ccccc43)[C@H]2[N+](=O)[O-])cc1. The quantitative estimate of drug-likeness (QED) is 0.652. The molecule has 134 valence electrons. The van der Waals surface area contributed by atoms with Crippen LogP contribution in [0.25, 0.3) is 0 Å². The maximum absolute atomic E-state index is 12.9. The van der Waals surface area contributed by atoms with E-state index in [0.717, 1.165) is 5.56 Å². The van der Waals surface area contributed by atoms with Crippen LogP contribution in [0.3, 0.4) is 0 Å². The summed E-state index contributed by atoms with van der Waals surface area (Å²) in [5, 5.41) is 18.2. The summed E-state index contributed by atoms with van der Waals surface area (Å²) in [7, 11) is 1.57. The van der Waals surface area contributed by atoms with Gasteiger partial charge in [0.1, 0.15) is 5.75 Å². The molecule has 1 fully saturated rings. The molecule has 2 aliphatic rings. The van der Waals surface area contributed by atoms with Crippen LogP contribution in [0.4, 0.5) is 5.69 Å². The molecule has 2 aliphatic heterocycles. The lowest BCUT2D eigenvalue weighted by Crippen LogP contribution is -2.54. The molecule has 0 unspecified atom stereocenters. The number of nitrogens with zero attached hydrogens (tertiary/aromatic N) is 1. The van der Waals surface area contributed by atoms with E-state index in [-0.39, 0.29) is 16.9 Å². The zero-order valence-electron chi connectivity index (χ0n) is 14.4. The minimum atomic E-state index is -1.37. The molecular formula is C19H19N3O4. The summed E-state index contributed by atoms with van der Waals surface area (Å²) in [5.74, 6) is -0.139. The van der Waals surface area contributed by atoms with E-state index in [2.05, 4.69) is 10.6 Å². The zero-order valence-corrected chi connectivity index (χ0v) is 14.4. The molecule has 4 atom stereocenters. The number of hydrogen-bond acceptors (Lipinski definition) is 5. The van der Waals surface area contributed by atoms with Crippen LogP contribution < -0.4 is 15.4 Å². The first-order valence-electron chi connectivity index (χ1n) is 8.45. The molecule has 1 amide bonds. The van der Waals surface area contributed by atoms with Crippen LogP contribution >= 0.6 is 0 Å². The minimum Gasteiger partial charge on any atom is -0.497 e. The highest BCUT2D eigenvalue weighted by atomic mass is 16.6. The number of rotatable bonds is 3. The number of para-hydroxylation sites is 1. The van der Waals surface area contributed by atoms with Crippen LogP contribution in [0.15, 0.2) is 48.5 Å². The molecule has 2 N–H and O–H groups in total. The number of hydrogen-bond donors (Lipinski definition) is 2. The lowest BCUT2D eigenvalue weighted by Gasteiger charge is -2.25. The second-order valence-corrected chi connectivity index (χ2v) is 6.77. The third-order valence-electron chi connectivity index (χ3n) is 5.46. The fourth-order valence-electron chi connectivity index (χ4n) is 4.38. The van der Waals surface area contributed by atoms with Crippen molar-refractivity contribution in [3.05, 3.63) is 69.8 Å². The number of amides is 1. The van der Waals surface area contributed by atoms with Gasteiger partial charge < -0.3 is 10.1 Å². The Bertz CT molecular complexity index is 883. The van der Waals surface area contributed by atoms with Crippen molar-refractivity contribution < 1.29 is 14.5 Å². The molecule has 0 saturated carbocycles. The lowest BCUT2D eigenvalue weighted by atomic mass is 9.78. The number of carbonyl (C=O) groups is 1. The number of nitro groups is 1. The molecule has 1 spiro atoms. The van der Waals surface area contributed by atoms with Crippen LogP contribution in [0.5, 0.6) is 5.75 Å². The monoisotopic (exact) mass is 353 g/mol. The molecule has 4 rings (SSSR count). The first-order chi connectivity index (χ1) is 12.5. The Kier molecular flexibility index (Phi) is 3.69. The highest BCUT2D eigenvalue weighted by Gasteiger charge is 2.67. The molecule has 2 heterocycles. The molecule has 7 nitrogen and oxygen atoms in total. The van der Waals surface area contributed by atoms with Crippen molar-refractivity contribution in [3.8, 4) is 5.75 Å². The fraction of sp³-hybridized carbons (Fsp3) is 0.316. The van der Waals surface area contributed by atoms with Crippen molar-refractivity contribution in [2.24, 2.45) is 0 Å². The van der Waals surface area contributed by atoms with Crippen molar-refractivity contribution in [3.63, 3.8) is 0 Å². The van der Waals surface area contributed by atoms with Gasteiger partial charge in [-0.3, -0.25) is 20.2 Å². The van der Waals surface area contributed by atoms with E-state index in [0.29, 0.717) is 17.0 Å². The number of benzene rings is 2. The molecule has 2 aromatic rings. The Hall–Kier alpha value is -2.93. The highest BCUT2D eigenvalue weighted by molar-refractivity contribution is 6.07. The maximum atomic E-state index is 12.9. The average Bonchev–Trinajstić information content (AvgIpc) is 3.10.